The van der Waals surface area contributed by atoms with Crippen LogP contribution in [0.25, 0.3) is 22.4 Å². The van der Waals surface area contributed by atoms with Gasteiger partial charge in [-0.05, 0) is 90.5 Å². The topological polar surface area (TPSA) is 74.6 Å². The predicted molar refractivity (Wildman–Crippen MR) is 144 cm³/mol. The van der Waals surface area contributed by atoms with Crippen LogP contribution >= 0.6 is 0 Å². The zero-order valence-corrected chi connectivity index (χ0v) is 21.4. The maximum absolute atomic E-state index is 13.6. The lowest BCUT2D eigenvalue weighted by Crippen LogP contribution is -2.19. The molecule has 0 spiro atoms. The molecule has 42 heavy (non-hydrogen) atoms. The minimum atomic E-state index is -2.98. The lowest BCUT2D eigenvalue weighted by Gasteiger charge is -2.09. The number of aromatic nitrogens is 2. The quantitative estimate of drug-likeness (QED) is 0.177. The first kappa shape index (κ1) is 28.1. The van der Waals surface area contributed by atoms with Crippen LogP contribution in [-0.2, 0) is 0 Å². The van der Waals surface area contributed by atoms with Crippen molar-refractivity contribution in [3.8, 4) is 45.4 Å². The van der Waals surface area contributed by atoms with Crippen molar-refractivity contribution >= 4 is 11.7 Å². The molecule has 0 unspecified atom stereocenters. The fourth-order valence-corrected chi connectivity index (χ4v) is 3.94. The Labute approximate surface area is 235 Å². The first-order valence-corrected chi connectivity index (χ1v) is 12.3. The Morgan fingerprint density at radius 2 is 1.14 bits per heavy atom. The molecular formula is C30H20F5N3O4. The Morgan fingerprint density at radius 1 is 0.667 bits per heavy atom. The van der Waals surface area contributed by atoms with E-state index in [1.165, 1.54) is 79.0 Å². The average Bonchev–Trinajstić information content (AvgIpc) is 3.41. The van der Waals surface area contributed by atoms with Crippen LogP contribution in [0.2, 0.25) is 0 Å². The normalized spacial score (nSPS) is 11.0. The Morgan fingerprint density at radius 3 is 1.69 bits per heavy atom. The highest BCUT2D eigenvalue weighted by Gasteiger charge is 2.18. The molecule has 5 aromatic rings. The third-order valence-electron chi connectivity index (χ3n) is 5.82. The van der Waals surface area contributed by atoms with Crippen LogP contribution in [0.3, 0.4) is 0 Å². The minimum absolute atomic E-state index is 0.00227. The van der Waals surface area contributed by atoms with Crippen molar-refractivity contribution in [3.05, 3.63) is 109 Å². The number of ether oxygens (including phenoxy) is 3. The number of nitrogens with one attached hydrogen (secondary N) is 1. The van der Waals surface area contributed by atoms with Gasteiger partial charge in [-0.2, -0.15) is 27.3 Å². The Hall–Kier alpha value is -5.39. The van der Waals surface area contributed by atoms with Gasteiger partial charge >= 0.3 is 19.3 Å². The number of benzene rings is 4. The number of hydrogen-bond acceptors (Lipinski definition) is 5. The number of alkyl halides is 4. The maximum Gasteiger partial charge on any atom is 0.387 e. The molecule has 7 nitrogen and oxygen atoms in total. The molecule has 0 bridgehead atoms. The summed E-state index contributed by atoms with van der Waals surface area (Å²) in [5.74, 6) is 0.329. The number of carbonyl (C=O) groups excluding carboxylic acids is 1. The highest BCUT2D eigenvalue weighted by atomic mass is 19.3. The van der Waals surface area contributed by atoms with Crippen LogP contribution < -0.4 is 19.5 Å². The molecule has 1 heterocycles. The Bertz CT molecular complexity index is 1640. The van der Waals surface area contributed by atoms with Crippen molar-refractivity contribution in [2.75, 3.05) is 5.32 Å². The number of nitrogens with zero attached hydrogens (tertiary/aromatic N) is 2. The third-order valence-corrected chi connectivity index (χ3v) is 5.82. The summed E-state index contributed by atoms with van der Waals surface area (Å²) in [6.45, 7) is -5.90. The highest BCUT2D eigenvalue weighted by Crippen LogP contribution is 2.33. The smallest absolute Gasteiger partial charge is 0.387 e. The number of hydrogen-bond donors (Lipinski definition) is 1. The average molecular weight is 581 g/mol. The van der Waals surface area contributed by atoms with E-state index >= 15 is 0 Å². The molecule has 0 saturated carbocycles. The van der Waals surface area contributed by atoms with E-state index in [2.05, 4.69) is 19.9 Å². The highest BCUT2D eigenvalue weighted by molar-refractivity contribution is 5.92. The molecule has 0 aliphatic rings. The van der Waals surface area contributed by atoms with Gasteiger partial charge in [-0.3, -0.25) is 0 Å². The lowest BCUT2D eigenvalue weighted by atomic mass is 10.0. The molecule has 0 aliphatic carbocycles. The van der Waals surface area contributed by atoms with Crippen molar-refractivity contribution in [2.24, 2.45) is 0 Å². The number of halogens is 5. The molecule has 4 aromatic carbocycles. The summed E-state index contributed by atoms with van der Waals surface area (Å²) in [4.78, 5) is 13.1. The second-order valence-electron chi connectivity index (χ2n) is 8.65. The van der Waals surface area contributed by atoms with E-state index in [9.17, 15) is 26.7 Å². The lowest BCUT2D eigenvalue weighted by molar-refractivity contribution is -0.0505. The Kier molecular flexibility index (Phi) is 8.32. The molecule has 0 aliphatic heterocycles. The number of anilines is 1. The number of carbonyl (C=O) groups is 1. The van der Waals surface area contributed by atoms with Crippen LogP contribution in [-0.4, -0.2) is 29.0 Å². The van der Waals surface area contributed by atoms with Crippen molar-refractivity contribution in [1.82, 2.24) is 9.78 Å². The third kappa shape index (κ3) is 7.02. The summed E-state index contributed by atoms with van der Waals surface area (Å²) in [6.07, 6.45) is 1.47. The summed E-state index contributed by atoms with van der Waals surface area (Å²) in [6, 6.07) is 22.8. The van der Waals surface area contributed by atoms with Crippen molar-refractivity contribution in [1.29, 1.82) is 0 Å². The van der Waals surface area contributed by atoms with Crippen LogP contribution in [0.5, 0.6) is 23.0 Å². The van der Waals surface area contributed by atoms with Gasteiger partial charge < -0.3 is 19.5 Å². The zero-order valence-electron chi connectivity index (χ0n) is 21.4. The molecular weight excluding hydrogens is 561 g/mol. The van der Waals surface area contributed by atoms with Crippen molar-refractivity contribution in [3.63, 3.8) is 0 Å². The van der Waals surface area contributed by atoms with E-state index in [-0.39, 0.29) is 11.5 Å². The monoisotopic (exact) mass is 581 g/mol. The summed E-state index contributed by atoms with van der Waals surface area (Å²) < 4.78 is 78.8. The van der Waals surface area contributed by atoms with E-state index in [1.54, 1.807) is 24.3 Å². The largest absolute Gasteiger partial charge is 0.457 e. The SMILES string of the molecule is O=C(Nc1ccc(Oc2ccc(OC(F)F)cc2)cc1)n1cc(-c2ccc(F)cc2)c(-c2ccc(OC(F)F)cc2)n1. The van der Waals surface area contributed by atoms with E-state index in [4.69, 9.17) is 4.74 Å². The maximum atomic E-state index is 13.6. The Balaban J connectivity index is 1.33. The van der Waals surface area contributed by atoms with Crippen LogP contribution in [0.1, 0.15) is 0 Å². The first-order chi connectivity index (χ1) is 20.2. The van der Waals surface area contributed by atoms with Gasteiger partial charge in [0.25, 0.3) is 0 Å². The van der Waals surface area contributed by atoms with Crippen molar-refractivity contribution in [2.45, 2.75) is 13.2 Å². The van der Waals surface area contributed by atoms with E-state index in [1.807, 2.05) is 0 Å². The number of amides is 1. The first-order valence-electron chi connectivity index (χ1n) is 12.3. The van der Waals surface area contributed by atoms with Gasteiger partial charge in [-0.15, -0.1) is 0 Å². The fraction of sp³-hybridized carbons (Fsp3) is 0.0667. The van der Waals surface area contributed by atoms with Crippen LogP contribution in [0.4, 0.5) is 32.4 Å². The molecule has 1 N–H and O–H groups in total. The standard InChI is InChI=1S/C30H20F5N3O4/c31-20-5-1-18(2-6-20)26-17-38(37-27(26)19-3-9-24(10-4-19)41-28(32)33)30(39)36-21-7-11-22(12-8-21)40-23-13-15-25(16-14-23)42-29(34)35/h1-17,28-29H,(H,36,39). The summed E-state index contributed by atoms with van der Waals surface area (Å²) in [5.41, 5.74) is 2.36. The van der Waals surface area contributed by atoms with Crippen LogP contribution in [0, 0.1) is 5.82 Å². The van der Waals surface area contributed by atoms with Gasteiger partial charge in [0.2, 0.25) is 0 Å². The van der Waals surface area contributed by atoms with Gasteiger partial charge in [0.05, 0.1) is 0 Å². The zero-order chi connectivity index (χ0) is 29.6. The van der Waals surface area contributed by atoms with Gasteiger partial charge in [-0.1, -0.05) is 12.1 Å². The minimum Gasteiger partial charge on any atom is -0.457 e. The van der Waals surface area contributed by atoms with Crippen molar-refractivity contribution < 1.29 is 41.0 Å². The summed E-state index contributed by atoms with van der Waals surface area (Å²) >= 11 is 0. The molecule has 0 atom stereocenters. The molecule has 0 saturated heterocycles. The summed E-state index contributed by atoms with van der Waals surface area (Å²) in [5, 5.41) is 7.12. The molecule has 5 rings (SSSR count). The fourth-order valence-electron chi connectivity index (χ4n) is 3.94. The molecule has 12 heteroatoms. The van der Waals surface area contributed by atoms with Crippen LogP contribution in [0.15, 0.2) is 103 Å². The van der Waals surface area contributed by atoms with E-state index in [0.717, 1.165) is 4.68 Å². The molecule has 0 fully saturated rings. The van der Waals surface area contributed by atoms with Gasteiger partial charge in [0.15, 0.2) is 0 Å². The molecule has 0 radical (unpaired) electrons. The second kappa shape index (κ2) is 12.4. The molecule has 1 amide bonds. The summed E-state index contributed by atoms with van der Waals surface area (Å²) in [7, 11) is 0. The second-order valence-corrected chi connectivity index (χ2v) is 8.65. The molecule has 214 valence electrons. The number of rotatable bonds is 9. The van der Waals surface area contributed by atoms with Gasteiger partial charge in [0, 0.05) is 23.0 Å². The van der Waals surface area contributed by atoms with E-state index < -0.39 is 25.1 Å². The van der Waals surface area contributed by atoms with E-state index in [0.29, 0.717) is 39.6 Å². The van der Waals surface area contributed by atoms with Gasteiger partial charge in [-0.25, -0.2) is 9.18 Å². The molecule has 1 aromatic heterocycles. The predicted octanol–water partition coefficient (Wildman–Crippen LogP) is 8.43. The van der Waals surface area contributed by atoms with Gasteiger partial charge in [0.1, 0.15) is 34.5 Å².